The Morgan fingerprint density at radius 3 is 2.57 bits per heavy atom. The lowest BCUT2D eigenvalue weighted by Crippen LogP contribution is -2.48. The predicted octanol–water partition coefficient (Wildman–Crippen LogP) is 2.65. The number of ether oxygens (including phenoxy) is 3. The molecule has 8 heteroatoms. The molecule has 0 unspecified atom stereocenters. The maximum atomic E-state index is 13.4. The van der Waals surface area contributed by atoms with Gasteiger partial charge < -0.3 is 25.3 Å². The lowest BCUT2D eigenvalue weighted by molar-refractivity contribution is -0.145. The lowest BCUT2D eigenvalue weighted by Gasteiger charge is -2.35. The first-order chi connectivity index (χ1) is 14.2. The normalized spacial score (nSPS) is 20.2. The van der Waals surface area contributed by atoms with Crippen molar-refractivity contribution in [1.82, 2.24) is 0 Å². The molecule has 1 aromatic carbocycles. The summed E-state index contributed by atoms with van der Waals surface area (Å²) < 4.78 is 16.3. The van der Waals surface area contributed by atoms with E-state index in [0.29, 0.717) is 17.7 Å². The van der Waals surface area contributed by atoms with E-state index in [-0.39, 0.29) is 29.4 Å². The van der Waals surface area contributed by atoms with Crippen LogP contribution in [-0.4, -0.2) is 30.6 Å². The van der Waals surface area contributed by atoms with E-state index >= 15 is 0 Å². The van der Waals surface area contributed by atoms with Gasteiger partial charge in [0.15, 0.2) is 0 Å². The molecule has 0 fully saturated rings. The molecule has 1 aromatic rings. The highest BCUT2D eigenvalue weighted by Crippen LogP contribution is 2.52. The Labute approximate surface area is 175 Å². The Bertz CT molecular complexity index is 962. The number of rotatable bonds is 6. The molecule has 0 saturated heterocycles. The Morgan fingerprint density at radius 2 is 1.90 bits per heavy atom. The largest absolute Gasteiger partial charge is 0.462 e. The van der Waals surface area contributed by atoms with Crippen molar-refractivity contribution in [3.63, 3.8) is 0 Å². The van der Waals surface area contributed by atoms with Gasteiger partial charge in [-0.2, -0.15) is 0 Å². The van der Waals surface area contributed by atoms with Crippen LogP contribution in [0, 0.1) is 0 Å². The van der Waals surface area contributed by atoms with Crippen LogP contribution in [0.5, 0.6) is 0 Å². The second-order valence-corrected chi connectivity index (χ2v) is 7.47. The van der Waals surface area contributed by atoms with Gasteiger partial charge in [-0.05, 0) is 33.3 Å². The molecule has 2 aliphatic rings. The molecule has 2 aliphatic heterocycles. The summed E-state index contributed by atoms with van der Waals surface area (Å²) in [6.45, 7) is 7.01. The standard InChI is InChI=1S/C22H26N2O6/c1-5-6-11-28-19(25)17-18(23)30-13(4)16(20(26)29-12(2)3)22(17)14-9-7-8-10-15(14)24-21(22)27/h7-10,12H,5-6,11,23H2,1-4H3,(H,24,27)/t22-/m0/s1. The number of nitrogens with one attached hydrogen (secondary N) is 1. The number of hydrogen-bond donors (Lipinski definition) is 2. The molecule has 2 heterocycles. The number of amides is 1. The Kier molecular flexibility index (Phi) is 5.87. The highest BCUT2D eigenvalue weighted by Gasteiger charge is 2.61. The van der Waals surface area contributed by atoms with E-state index in [1.54, 1.807) is 38.1 Å². The molecule has 0 aromatic heterocycles. The third kappa shape index (κ3) is 3.32. The van der Waals surface area contributed by atoms with Crippen molar-refractivity contribution in [3.05, 3.63) is 52.6 Å². The molecule has 0 saturated carbocycles. The van der Waals surface area contributed by atoms with Crippen LogP contribution in [0.3, 0.4) is 0 Å². The van der Waals surface area contributed by atoms with Gasteiger partial charge >= 0.3 is 11.9 Å². The van der Waals surface area contributed by atoms with E-state index in [2.05, 4.69) is 5.32 Å². The number of carbonyl (C=O) groups is 3. The third-order valence-corrected chi connectivity index (χ3v) is 5.01. The zero-order valence-corrected chi connectivity index (χ0v) is 17.5. The van der Waals surface area contributed by atoms with Gasteiger partial charge in [0.25, 0.3) is 0 Å². The number of benzene rings is 1. The van der Waals surface area contributed by atoms with Crippen LogP contribution in [0.2, 0.25) is 0 Å². The van der Waals surface area contributed by atoms with Crippen LogP contribution in [0.1, 0.15) is 46.1 Å². The number of esters is 2. The average molecular weight is 414 g/mol. The van der Waals surface area contributed by atoms with Crippen LogP contribution in [0.4, 0.5) is 5.69 Å². The Morgan fingerprint density at radius 1 is 1.20 bits per heavy atom. The van der Waals surface area contributed by atoms with Gasteiger partial charge in [-0.25, -0.2) is 9.59 Å². The van der Waals surface area contributed by atoms with Crippen molar-refractivity contribution in [2.45, 2.75) is 52.1 Å². The van der Waals surface area contributed by atoms with Gasteiger partial charge in [-0.15, -0.1) is 0 Å². The maximum absolute atomic E-state index is 13.4. The minimum absolute atomic E-state index is 0.0877. The first-order valence-corrected chi connectivity index (χ1v) is 9.93. The number of carbonyl (C=O) groups excluding carboxylic acids is 3. The number of fused-ring (bicyclic) bond motifs is 2. The molecular weight excluding hydrogens is 388 g/mol. The molecule has 3 rings (SSSR count). The van der Waals surface area contributed by atoms with Gasteiger partial charge in [-0.3, -0.25) is 4.79 Å². The van der Waals surface area contributed by atoms with Gasteiger partial charge in [-0.1, -0.05) is 31.5 Å². The minimum Gasteiger partial charge on any atom is -0.462 e. The molecule has 1 amide bonds. The summed E-state index contributed by atoms with van der Waals surface area (Å²) in [5, 5.41) is 2.76. The molecule has 30 heavy (non-hydrogen) atoms. The Balaban J connectivity index is 2.25. The summed E-state index contributed by atoms with van der Waals surface area (Å²) in [5.74, 6) is -2.35. The molecule has 160 valence electrons. The summed E-state index contributed by atoms with van der Waals surface area (Å²) in [5.41, 5.74) is 4.86. The third-order valence-electron chi connectivity index (χ3n) is 5.01. The van der Waals surface area contributed by atoms with Crippen LogP contribution in [0.25, 0.3) is 0 Å². The average Bonchev–Trinajstić information content (AvgIpc) is 2.93. The monoisotopic (exact) mass is 414 g/mol. The SMILES string of the molecule is CCCCOC(=O)C1=C(N)OC(C)=C(C(=O)OC(C)C)[C@]12C(=O)Nc1ccccc12. The van der Waals surface area contributed by atoms with Crippen LogP contribution in [0.15, 0.2) is 47.1 Å². The van der Waals surface area contributed by atoms with E-state index < -0.39 is 29.4 Å². The molecule has 1 atom stereocenters. The van der Waals surface area contributed by atoms with Crippen molar-refractivity contribution in [2.24, 2.45) is 5.73 Å². The number of hydrogen-bond acceptors (Lipinski definition) is 7. The fourth-order valence-electron chi connectivity index (χ4n) is 3.80. The Hall–Kier alpha value is -3.29. The number of unbranched alkanes of at least 4 members (excludes halogenated alkanes) is 1. The van der Waals surface area contributed by atoms with Gasteiger partial charge in [0, 0.05) is 11.3 Å². The molecule has 0 aliphatic carbocycles. The fraction of sp³-hybridized carbons (Fsp3) is 0.409. The van der Waals surface area contributed by atoms with Crippen molar-refractivity contribution < 1.29 is 28.6 Å². The summed E-state index contributed by atoms with van der Waals surface area (Å²) in [7, 11) is 0. The van der Waals surface area contributed by atoms with Crippen LogP contribution < -0.4 is 11.1 Å². The molecule has 0 bridgehead atoms. The molecular formula is C22H26N2O6. The van der Waals surface area contributed by atoms with E-state index in [4.69, 9.17) is 19.9 Å². The van der Waals surface area contributed by atoms with Gasteiger partial charge in [0.2, 0.25) is 11.8 Å². The summed E-state index contributed by atoms with van der Waals surface area (Å²) in [6.07, 6.45) is 1.02. The lowest BCUT2D eigenvalue weighted by atomic mass is 9.67. The van der Waals surface area contributed by atoms with Crippen molar-refractivity contribution >= 4 is 23.5 Å². The van der Waals surface area contributed by atoms with Crippen LogP contribution in [-0.2, 0) is 34.0 Å². The topological polar surface area (TPSA) is 117 Å². The maximum Gasteiger partial charge on any atom is 0.341 e. The summed E-state index contributed by atoms with van der Waals surface area (Å²) in [6, 6.07) is 6.81. The highest BCUT2D eigenvalue weighted by molar-refractivity contribution is 6.21. The predicted molar refractivity (Wildman–Crippen MR) is 109 cm³/mol. The van der Waals surface area contributed by atoms with Crippen molar-refractivity contribution in [2.75, 3.05) is 11.9 Å². The van der Waals surface area contributed by atoms with E-state index in [1.807, 2.05) is 6.92 Å². The highest BCUT2D eigenvalue weighted by atomic mass is 16.6. The second kappa shape index (κ2) is 8.22. The molecule has 0 radical (unpaired) electrons. The zero-order valence-electron chi connectivity index (χ0n) is 17.5. The summed E-state index contributed by atoms with van der Waals surface area (Å²) in [4.78, 5) is 39.7. The van der Waals surface area contributed by atoms with E-state index in [9.17, 15) is 14.4 Å². The molecule has 3 N–H and O–H groups in total. The minimum atomic E-state index is -1.82. The fourth-order valence-corrected chi connectivity index (χ4v) is 3.80. The quantitative estimate of drug-likeness (QED) is 0.543. The second-order valence-electron chi connectivity index (χ2n) is 7.47. The number of nitrogens with two attached hydrogens (primary N) is 1. The van der Waals surface area contributed by atoms with Gasteiger partial charge in [0.1, 0.15) is 22.3 Å². The number of allylic oxidation sites excluding steroid dienone is 1. The van der Waals surface area contributed by atoms with Crippen molar-refractivity contribution in [3.8, 4) is 0 Å². The van der Waals surface area contributed by atoms with E-state index in [0.717, 1.165) is 6.42 Å². The van der Waals surface area contributed by atoms with Crippen LogP contribution >= 0.6 is 0 Å². The smallest absolute Gasteiger partial charge is 0.341 e. The molecule has 8 nitrogen and oxygen atoms in total. The first kappa shape index (κ1) is 21.4. The van der Waals surface area contributed by atoms with Crippen molar-refractivity contribution in [1.29, 1.82) is 0 Å². The number of anilines is 1. The van der Waals surface area contributed by atoms with Gasteiger partial charge in [0.05, 0.1) is 12.7 Å². The van der Waals surface area contributed by atoms with E-state index in [1.165, 1.54) is 6.92 Å². The zero-order chi connectivity index (χ0) is 22.1. The first-order valence-electron chi connectivity index (χ1n) is 9.93. The number of para-hydroxylation sites is 1. The molecule has 1 spiro atoms. The summed E-state index contributed by atoms with van der Waals surface area (Å²) >= 11 is 0.